The van der Waals surface area contributed by atoms with Crippen LogP contribution in [0.4, 0.5) is 0 Å². The second-order valence-corrected chi connectivity index (χ2v) is 12.4. The zero-order valence-electron chi connectivity index (χ0n) is 16.8. The molecule has 3 rings (SSSR count). The zero-order valence-corrected chi connectivity index (χ0v) is 20.0. The molecule has 0 fully saturated rings. The molecule has 0 aliphatic heterocycles. The maximum absolute atomic E-state index is 13.4. The Labute approximate surface area is 186 Å². The number of benzene rings is 1. The highest BCUT2D eigenvalue weighted by Gasteiger charge is 2.27. The molecular weight excluding hydrogens is 460 g/mol. The predicted octanol–water partition coefficient (Wildman–Crippen LogP) is 4.23. The molecule has 30 heavy (non-hydrogen) atoms. The van der Waals surface area contributed by atoms with Crippen LogP contribution >= 0.6 is 22.7 Å². The van der Waals surface area contributed by atoms with Crippen LogP contribution in [-0.4, -0.2) is 38.5 Å². The molecule has 0 saturated heterocycles. The summed E-state index contributed by atoms with van der Waals surface area (Å²) in [6.07, 6.45) is 0. The van der Waals surface area contributed by atoms with Gasteiger partial charge in [-0.15, -0.1) is 22.7 Å². The maximum atomic E-state index is 13.4. The van der Waals surface area contributed by atoms with E-state index < -0.39 is 20.0 Å². The summed E-state index contributed by atoms with van der Waals surface area (Å²) in [5, 5.41) is 3.83. The molecule has 3 aromatic rings. The quantitative estimate of drug-likeness (QED) is 0.432. The van der Waals surface area contributed by atoms with Crippen molar-refractivity contribution in [1.82, 2.24) is 8.61 Å². The normalized spacial score (nSPS) is 12.7. The van der Waals surface area contributed by atoms with Crippen molar-refractivity contribution >= 4 is 42.7 Å². The van der Waals surface area contributed by atoms with Crippen LogP contribution in [0.5, 0.6) is 0 Å². The molecule has 0 atom stereocenters. The molecule has 0 N–H and O–H groups in total. The van der Waals surface area contributed by atoms with Gasteiger partial charge in [0.2, 0.25) is 20.0 Å². The minimum Gasteiger partial charge on any atom is -0.207 e. The molecule has 2 heterocycles. The third kappa shape index (κ3) is 5.01. The second-order valence-electron chi connectivity index (χ2n) is 6.49. The van der Waals surface area contributed by atoms with Crippen molar-refractivity contribution in [1.29, 1.82) is 0 Å². The molecule has 10 heteroatoms. The molecule has 6 nitrogen and oxygen atoms in total. The van der Waals surface area contributed by atoms with E-state index in [1.54, 1.807) is 13.8 Å². The molecule has 0 saturated carbocycles. The Bertz CT molecular complexity index is 1100. The summed E-state index contributed by atoms with van der Waals surface area (Å²) in [4.78, 5) is 2.05. The van der Waals surface area contributed by atoms with Gasteiger partial charge in [0.05, 0.1) is 9.79 Å². The van der Waals surface area contributed by atoms with E-state index >= 15 is 0 Å². The fourth-order valence-corrected chi connectivity index (χ4v) is 7.48. The predicted molar refractivity (Wildman–Crippen MR) is 122 cm³/mol. The summed E-state index contributed by atoms with van der Waals surface area (Å²) >= 11 is 3.00. The number of sulfonamides is 2. The van der Waals surface area contributed by atoms with E-state index in [9.17, 15) is 16.8 Å². The van der Waals surface area contributed by atoms with Crippen LogP contribution in [0.25, 0.3) is 0 Å². The number of hydrogen-bond donors (Lipinski definition) is 0. The standard InChI is InChI=1S/C20H24N2O4S4/c1-3-21(4-2)29(23,24)19-9-11-20(12-10-19)30(25,26)22(15-17-7-5-13-27-17)16-18-8-6-14-28-18/h5-14H,3-4,15-16H2,1-2H3. The van der Waals surface area contributed by atoms with Gasteiger partial charge in [0.25, 0.3) is 0 Å². The van der Waals surface area contributed by atoms with Gasteiger partial charge in [-0.2, -0.15) is 8.61 Å². The van der Waals surface area contributed by atoms with E-state index in [1.807, 2.05) is 35.0 Å². The number of hydrogen-bond acceptors (Lipinski definition) is 6. The molecule has 0 bridgehead atoms. The summed E-state index contributed by atoms with van der Waals surface area (Å²) in [7, 11) is -7.45. The van der Waals surface area contributed by atoms with Crippen LogP contribution in [0, 0.1) is 0 Å². The van der Waals surface area contributed by atoms with E-state index in [4.69, 9.17) is 0 Å². The lowest BCUT2D eigenvalue weighted by Crippen LogP contribution is -2.31. The Kier molecular flexibility index (Phi) is 7.48. The van der Waals surface area contributed by atoms with Gasteiger partial charge in [0, 0.05) is 35.9 Å². The summed E-state index contributed by atoms with van der Waals surface area (Å²) < 4.78 is 54.9. The van der Waals surface area contributed by atoms with E-state index in [0.717, 1.165) is 9.75 Å². The fraction of sp³-hybridized carbons (Fsp3) is 0.300. The SMILES string of the molecule is CCN(CC)S(=O)(=O)c1ccc(S(=O)(=O)N(Cc2cccs2)Cc2cccs2)cc1. The molecule has 0 aliphatic rings. The van der Waals surface area contributed by atoms with Crippen molar-refractivity contribution in [3.8, 4) is 0 Å². The van der Waals surface area contributed by atoms with Gasteiger partial charge < -0.3 is 0 Å². The average Bonchev–Trinajstić information content (AvgIpc) is 3.42. The largest absolute Gasteiger partial charge is 0.243 e. The van der Waals surface area contributed by atoms with E-state index in [1.165, 1.54) is 55.5 Å². The molecular formula is C20H24N2O4S4. The van der Waals surface area contributed by atoms with Gasteiger partial charge in [-0.1, -0.05) is 26.0 Å². The smallest absolute Gasteiger partial charge is 0.207 e. The van der Waals surface area contributed by atoms with Gasteiger partial charge in [0.15, 0.2) is 0 Å². The summed E-state index contributed by atoms with van der Waals surface area (Å²) in [6, 6.07) is 13.1. The molecule has 0 spiro atoms. The highest BCUT2D eigenvalue weighted by molar-refractivity contribution is 7.89. The Hall–Kier alpha value is -1.56. The number of thiophene rings is 2. The van der Waals surface area contributed by atoms with Crippen molar-refractivity contribution in [2.24, 2.45) is 0 Å². The average molecular weight is 485 g/mol. The van der Waals surface area contributed by atoms with Crippen LogP contribution in [0.3, 0.4) is 0 Å². The van der Waals surface area contributed by atoms with Crippen LogP contribution in [-0.2, 0) is 33.1 Å². The van der Waals surface area contributed by atoms with Gasteiger partial charge >= 0.3 is 0 Å². The van der Waals surface area contributed by atoms with Crippen molar-refractivity contribution < 1.29 is 16.8 Å². The monoisotopic (exact) mass is 484 g/mol. The molecule has 0 aliphatic carbocycles. The highest BCUT2D eigenvalue weighted by Crippen LogP contribution is 2.26. The first-order valence-electron chi connectivity index (χ1n) is 9.44. The minimum absolute atomic E-state index is 0.0779. The molecule has 0 amide bonds. The summed E-state index contributed by atoms with van der Waals surface area (Å²) in [6.45, 7) is 4.77. The summed E-state index contributed by atoms with van der Waals surface area (Å²) in [5.74, 6) is 0. The fourth-order valence-electron chi connectivity index (χ4n) is 3.02. The lowest BCUT2D eigenvalue weighted by Gasteiger charge is -2.22. The van der Waals surface area contributed by atoms with Crippen LogP contribution in [0.15, 0.2) is 69.1 Å². The minimum atomic E-state index is -3.81. The Balaban J connectivity index is 1.92. The van der Waals surface area contributed by atoms with E-state index in [2.05, 4.69) is 0 Å². The molecule has 162 valence electrons. The Morgan fingerprint density at radius 3 is 1.40 bits per heavy atom. The van der Waals surface area contributed by atoms with Gasteiger partial charge in [0.1, 0.15) is 0 Å². The van der Waals surface area contributed by atoms with Gasteiger partial charge in [-0.25, -0.2) is 16.8 Å². The first-order valence-corrected chi connectivity index (χ1v) is 14.1. The second kappa shape index (κ2) is 9.71. The van der Waals surface area contributed by atoms with Crippen LogP contribution in [0.1, 0.15) is 23.6 Å². The van der Waals surface area contributed by atoms with Crippen molar-refractivity contribution in [3.05, 3.63) is 69.0 Å². The lowest BCUT2D eigenvalue weighted by atomic mass is 10.4. The van der Waals surface area contributed by atoms with Crippen LogP contribution < -0.4 is 0 Å². The van der Waals surface area contributed by atoms with Gasteiger partial charge in [-0.3, -0.25) is 0 Å². The topological polar surface area (TPSA) is 74.8 Å². The molecule has 1 aromatic carbocycles. The third-order valence-electron chi connectivity index (χ3n) is 4.63. The van der Waals surface area contributed by atoms with Crippen molar-refractivity contribution in [2.75, 3.05) is 13.1 Å². The number of rotatable bonds is 10. The lowest BCUT2D eigenvalue weighted by molar-refractivity contribution is 0.407. The number of nitrogens with zero attached hydrogens (tertiary/aromatic N) is 2. The Morgan fingerprint density at radius 1 is 0.667 bits per heavy atom. The van der Waals surface area contributed by atoms with E-state index in [-0.39, 0.29) is 22.9 Å². The first kappa shape index (κ1) is 23.1. The van der Waals surface area contributed by atoms with E-state index in [0.29, 0.717) is 13.1 Å². The highest BCUT2D eigenvalue weighted by atomic mass is 32.2. The zero-order chi connectivity index (χ0) is 21.8. The third-order valence-corrected chi connectivity index (χ3v) is 10.2. The molecule has 2 aromatic heterocycles. The molecule has 0 radical (unpaired) electrons. The molecule has 0 unspecified atom stereocenters. The van der Waals surface area contributed by atoms with Crippen molar-refractivity contribution in [2.45, 2.75) is 36.7 Å². The van der Waals surface area contributed by atoms with Gasteiger partial charge in [-0.05, 0) is 47.2 Å². The first-order chi connectivity index (χ1) is 14.3. The Morgan fingerprint density at radius 2 is 1.07 bits per heavy atom. The maximum Gasteiger partial charge on any atom is 0.243 e. The van der Waals surface area contributed by atoms with Crippen LogP contribution in [0.2, 0.25) is 0 Å². The summed E-state index contributed by atoms with van der Waals surface area (Å²) in [5.41, 5.74) is 0. The van der Waals surface area contributed by atoms with Crippen molar-refractivity contribution in [3.63, 3.8) is 0 Å².